The Morgan fingerprint density at radius 1 is 1.11 bits per heavy atom. The molecule has 0 unspecified atom stereocenters. The Labute approximate surface area is 164 Å². The highest BCUT2D eigenvalue weighted by atomic mass is 32.2. The number of aromatic nitrogens is 2. The Hall–Kier alpha value is -2.14. The normalized spacial score (nSPS) is 24.9. The summed E-state index contributed by atoms with van der Waals surface area (Å²) >= 11 is 0. The van der Waals surface area contributed by atoms with Crippen LogP contribution in [0.3, 0.4) is 0 Å². The van der Waals surface area contributed by atoms with Crippen molar-refractivity contribution in [3.05, 3.63) is 12.4 Å². The molecule has 1 aromatic heterocycles. The van der Waals surface area contributed by atoms with Crippen LogP contribution in [0.15, 0.2) is 22.6 Å². The molecule has 1 aromatic rings. The first-order chi connectivity index (χ1) is 13.3. The number of hydrogen-bond donors (Lipinski definition) is 2. The Morgan fingerprint density at radius 3 is 2.25 bits per heavy atom. The zero-order valence-electron chi connectivity index (χ0n) is 15.9. The average molecular weight is 414 g/mol. The van der Waals surface area contributed by atoms with Crippen LogP contribution in [-0.4, -0.2) is 72.1 Å². The SMILES string of the molecule is CS(=O)(=O)c1cnc(O[C@H]2CC[C@H](OC3CCN(C(N)=NO)CC3)CC2)cn1. The Morgan fingerprint density at radius 2 is 1.71 bits per heavy atom. The molecule has 0 aromatic carbocycles. The van der Waals surface area contributed by atoms with Crippen LogP contribution < -0.4 is 10.5 Å². The van der Waals surface area contributed by atoms with Gasteiger partial charge >= 0.3 is 0 Å². The molecule has 2 heterocycles. The Balaban J connectivity index is 1.40. The van der Waals surface area contributed by atoms with E-state index < -0.39 is 9.84 Å². The number of rotatable bonds is 5. The first-order valence-electron chi connectivity index (χ1n) is 9.42. The number of ether oxygens (including phenoxy) is 2. The van der Waals surface area contributed by atoms with Crippen LogP contribution in [0.1, 0.15) is 38.5 Å². The second-order valence-electron chi connectivity index (χ2n) is 7.26. The number of oxime groups is 1. The third-order valence-corrected chi connectivity index (χ3v) is 6.12. The summed E-state index contributed by atoms with van der Waals surface area (Å²) in [5.74, 6) is 0.496. The summed E-state index contributed by atoms with van der Waals surface area (Å²) in [6.45, 7) is 1.45. The molecule has 3 N–H and O–H groups in total. The molecule has 3 rings (SSSR count). The van der Waals surface area contributed by atoms with Crippen LogP contribution in [0.25, 0.3) is 0 Å². The van der Waals surface area contributed by atoms with Gasteiger partial charge < -0.3 is 25.3 Å². The standard InChI is InChI=1S/C17H27N5O5S/c1-28(24,25)16-11-19-15(10-20-16)27-13-4-2-12(3-5-13)26-14-6-8-22(9-7-14)17(18)21-23/h10-14,23H,2-9H2,1H3,(H2,18,21)/t12-,13-. The molecule has 10 nitrogen and oxygen atoms in total. The van der Waals surface area contributed by atoms with Crippen molar-refractivity contribution < 1.29 is 23.1 Å². The van der Waals surface area contributed by atoms with E-state index in [-0.39, 0.29) is 29.3 Å². The maximum atomic E-state index is 11.4. The van der Waals surface area contributed by atoms with E-state index in [4.69, 9.17) is 20.4 Å². The first-order valence-corrected chi connectivity index (χ1v) is 11.3. The molecule has 0 radical (unpaired) electrons. The van der Waals surface area contributed by atoms with Crippen molar-refractivity contribution in [2.75, 3.05) is 19.3 Å². The smallest absolute Gasteiger partial charge is 0.233 e. The van der Waals surface area contributed by atoms with Crippen molar-refractivity contribution in [3.63, 3.8) is 0 Å². The molecule has 1 saturated carbocycles. The molecule has 1 aliphatic heterocycles. The van der Waals surface area contributed by atoms with Gasteiger partial charge in [0.15, 0.2) is 14.9 Å². The van der Waals surface area contributed by atoms with Crippen LogP contribution in [0.4, 0.5) is 0 Å². The Bertz CT molecular complexity index is 770. The maximum Gasteiger partial charge on any atom is 0.233 e. The van der Waals surface area contributed by atoms with E-state index in [0.29, 0.717) is 5.88 Å². The molecule has 0 spiro atoms. The summed E-state index contributed by atoms with van der Waals surface area (Å²) in [5.41, 5.74) is 5.62. The lowest BCUT2D eigenvalue weighted by molar-refractivity contribution is -0.0618. The second-order valence-corrected chi connectivity index (χ2v) is 9.22. The van der Waals surface area contributed by atoms with Crippen LogP contribution in [0.2, 0.25) is 0 Å². The summed E-state index contributed by atoms with van der Waals surface area (Å²) in [6.07, 6.45) is 9.32. The number of nitrogens with zero attached hydrogens (tertiary/aromatic N) is 4. The van der Waals surface area contributed by atoms with E-state index in [9.17, 15) is 8.42 Å². The molecule has 11 heteroatoms. The molecule has 28 heavy (non-hydrogen) atoms. The average Bonchev–Trinajstić information content (AvgIpc) is 2.69. The van der Waals surface area contributed by atoms with E-state index in [2.05, 4.69) is 15.1 Å². The van der Waals surface area contributed by atoms with E-state index >= 15 is 0 Å². The number of hydrogen-bond acceptors (Lipinski definition) is 8. The Kier molecular flexibility index (Phi) is 6.55. The van der Waals surface area contributed by atoms with Crippen molar-refractivity contribution in [1.29, 1.82) is 0 Å². The minimum atomic E-state index is -3.36. The number of piperidine rings is 1. The van der Waals surface area contributed by atoms with Gasteiger partial charge in [-0.2, -0.15) is 0 Å². The van der Waals surface area contributed by atoms with Crippen LogP contribution in [0, 0.1) is 0 Å². The van der Waals surface area contributed by atoms with E-state index in [1.165, 1.54) is 12.4 Å². The van der Waals surface area contributed by atoms with E-state index in [1.807, 2.05) is 4.90 Å². The molecule has 2 fully saturated rings. The topological polar surface area (TPSA) is 140 Å². The molecule has 0 bridgehead atoms. The summed E-state index contributed by atoms with van der Waals surface area (Å²) in [4.78, 5) is 9.79. The highest BCUT2D eigenvalue weighted by Crippen LogP contribution is 2.27. The van der Waals surface area contributed by atoms with Gasteiger partial charge in [-0.05, 0) is 38.5 Å². The van der Waals surface area contributed by atoms with Gasteiger partial charge in [-0.25, -0.2) is 18.4 Å². The van der Waals surface area contributed by atoms with Crippen LogP contribution in [0.5, 0.6) is 5.88 Å². The predicted octanol–water partition coefficient (Wildman–Crippen LogP) is 0.755. The number of nitrogens with two attached hydrogens (primary N) is 1. The summed E-state index contributed by atoms with van der Waals surface area (Å²) in [5, 5.41) is 11.7. The van der Waals surface area contributed by atoms with Crippen LogP contribution >= 0.6 is 0 Å². The highest BCUT2D eigenvalue weighted by Gasteiger charge is 2.28. The summed E-state index contributed by atoms with van der Waals surface area (Å²) in [6, 6.07) is 0. The lowest BCUT2D eigenvalue weighted by atomic mass is 9.94. The predicted molar refractivity (Wildman–Crippen MR) is 101 cm³/mol. The van der Waals surface area contributed by atoms with Gasteiger partial charge in [0.1, 0.15) is 6.10 Å². The fourth-order valence-corrected chi connectivity index (χ4v) is 4.06. The summed E-state index contributed by atoms with van der Waals surface area (Å²) in [7, 11) is -3.36. The molecular weight excluding hydrogens is 386 g/mol. The van der Waals surface area contributed by atoms with Crippen molar-refractivity contribution in [1.82, 2.24) is 14.9 Å². The molecule has 1 saturated heterocycles. The van der Waals surface area contributed by atoms with Crippen molar-refractivity contribution in [3.8, 4) is 5.88 Å². The monoisotopic (exact) mass is 413 g/mol. The van der Waals surface area contributed by atoms with E-state index in [1.54, 1.807) is 0 Å². The maximum absolute atomic E-state index is 11.4. The van der Waals surface area contributed by atoms with Gasteiger partial charge in [0, 0.05) is 19.3 Å². The number of guanidine groups is 1. The molecular formula is C17H27N5O5S. The highest BCUT2D eigenvalue weighted by molar-refractivity contribution is 7.90. The number of likely N-dealkylation sites (tertiary alicyclic amines) is 1. The van der Waals surface area contributed by atoms with Gasteiger partial charge in [0.25, 0.3) is 0 Å². The fourth-order valence-electron chi connectivity index (χ4n) is 3.57. The fraction of sp³-hybridized carbons (Fsp3) is 0.706. The van der Waals surface area contributed by atoms with Gasteiger partial charge in [0.05, 0.1) is 24.6 Å². The van der Waals surface area contributed by atoms with Gasteiger partial charge in [-0.3, -0.25) is 0 Å². The molecule has 0 atom stereocenters. The van der Waals surface area contributed by atoms with Crippen molar-refractivity contribution in [2.24, 2.45) is 10.9 Å². The second kappa shape index (κ2) is 8.91. The van der Waals surface area contributed by atoms with Gasteiger partial charge in [-0.1, -0.05) is 5.16 Å². The first kappa shape index (κ1) is 20.6. The number of sulfone groups is 1. The molecule has 2 aliphatic rings. The van der Waals surface area contributed by atoms with Crippen molar-refractivity contribution >= 4 is 15.8 Å². The third kappa shape index (κ3) is 5.44. The van der Waals surface area contributed by atoms with Gasteiger partial charge in [0.2, 0.25) is 11.8 Å². The summed E-state index contributed by atoms with van der Waals surface area (Å²) < 4.78 is 34.9. The van der Waals surface area contributed by atoms with Gasteiger partial charge in [-0.15, -0.1) is 0 Å². The molecule has 0 amide bonds. The molecule has 156 valence electrons. The third-order valence-electron chi connectivity index (χ3n) is 5.15. The minimum absolute atomic E-state index is 0.0284. The van der Waals surface area contributed by atoms with E-state index in [0.717, 1.165) is 57.9 Å². The minimum Gasteiger partial charge on any atom is -0.473 e. The van der Waals surface area contributed by atoms with Crippen molar-refractivity contribution in [2.45, 2.75) is 61.9 Å². The quantitative estimate of drug-likeness (QED) is 0.310. The van der Waals surface area contributed by atoms with Crippen LogP contribution in [-0.2, 0) is 14.6 Å². The molecule has 1 aliphatic carbocycles. The lowest BCUT2D eigenvalue weighted by Crippen LogP contribution is -2.45. The zero-order chi connectivity index (χ0) is 20.1. The zero-order valence-corrected chi connectivity index (χ0v) is 16.7. The lowest BCUT2D eigenvalue weighted by Gasteiger charge is -2.36. The largest absolute Gasteiger partial charge is 0.473 e.